The van der Waals surface area contributed by atoms with Crippen LogP contribution in [0.4, 0.5) is 26.5 Å². The first-order chi connectivity index (χ1) is 18.0. The largest absolute Gasteiger partial charge is 0.488 e. The maximum absolute atomic E-state index is 13.3. The zero-order valence-corrected chi connectivity index (χ0v) is 20.5. The van der Waals surface area contributed by atoms with Crippen molar-refractivity contribution in [1.29, 1.82) is 0 Å². The normalized spacial score (nSPS) is 13.1. The average Bonchev–Trinajstić information content (AvgIpc) is 2.90. The first-order valence-corrected chi connectivity index (χ1v) is 11.8. The van der Waals surface area contributed by atoms with E-state index in [1.54, 1.807) is 25.1 Å². The quantitative estimate of drug-likeness (QED) is 0.436. The minimum absolute atomic E-state index is 0.0202. The molecule has 4 rings (SSSR count). The Morgan fingerprint density at radius 1 is 1.08 bits per heavy atom. The lowest BCUT2D eigenvalue weighted by Gasteiger charge is -2.29. The van der Waals surface area contributed by atoms with E-state index in [4.69, 9.17) is 19.2 Å². The number of anilines is 3. The number of benzene rings is 1. The van der Waals surface area contributed by atoms with Crippen molar-refractivity contribution < 1.29 is 28.2 Å². The minimum Gasteiger partial charge on any atom is -0.488 e. The number of carbonyl (C=O) groups excluding carboxylic acids is 2. The van der Waals surface area contributed by atoms with Crippen LogP contribution < -0.4 is 20.3 Å². The van der Waals surface area contributed by atoms with Gasteiger partial charge in [-0.3, -0.25) is 5.32 Å². The van der Waals surface area contributed by atoms with Crippen molar-refractivity contribution >= 4 is 29.3 Å². The van der Waals surface area contributed by atoms with Crippen LogP contribution in [0.2, 0.25) is 0 Å². The van der Waals surface area contributed by atoms with E-state index in [1.807, 2.05) is 11.8 Å². The number of amides is 2. The van der Waals surface area contributed by atoms with Crippen LogP contribution in [0.3, 0.4) is 0 Å². The number of urea groups is 1. The van der Waals surface area contributed by atoms with Gasteiger partial charge in [0.1, 0.15) is 11.6 Å². The summed E-state index contributed by atoms with van der Waals surface area (Å²) < 4.78 is 29.8. The van der Waals surface area contributed by atoms with E-state index in [2.05, 4.69) is 20.6 Å². The van der Waals surface area contributed by atoms with Crippen molar-refractivity contribution in [2.75, 3.05) is 55.1 Å². The van der Waals surface area contributed by atoms with Gasteiger partial charge in [0.25, 0.3) is 0 Å². The highest BCUT2D eigenvalue weighted by atomic mass is 19.1. The molecule has 1 aliphatic rings. The van der Waals surface area contributed by atoms with Crippen LogP contribution in [0.15, 0.2) is 42.6 Å². The van der Waals surface area contributed by atoms with Crippen LogP contribution in [0.25, 0.3) is 11.4 Å². The molecule has 0 aliphatic carbocycles. The van der Waals surface area contributed by atoms with Crippen molar-refractivity contribution in [3.05, 3.63) is 54.1 Å². The van der Waals surface area contributed by atoms with E-state index >= 15 is 0 Å². The van der Waals surface area contributed by atoms with Gasteiger partial charge in [0.15, 0.2) is 23.1 Å². The number of ether oxygens (including phenoxy) is 3. The van der Waals surface area contributed by atoms with E-state index < -0.39 is 17.8 Å². The Morgan fingerprint density at radius 3 is 2.57 bits per heavy atom. The molecular formula is C25H27FN6O5. The van der Waals surface area contributed by atoms with Gasteiger partial charge < -0.3 is 24.4 Å². The van der Waals surface area contributed by atoms with Crippen molar-refractivity contribution in [1.82, 2.24) is 15.0 Å². The second-order valence-corrected chi connectivity index (χ2v) is 7.82. The van der Waals surface area contributed by atoms with Gasteiger partial charge in [0, 0.05) is 30.5 Å². The number of pyridine rings is 1. The van der Waals surface area contributed by atoms with Gasteiger partial charge in [-0.05, 0) is 44.2 Å². The standard InChI is InChI=1S/C25H27FN6O5/c1-3-36-21-20(24(33)37-4-2)30-22(31-23(21)32-10-12-35-13-11-32)16-8-9-19(27-15-16)29-25(34)28-18-7-5-6-17(26)14-18/h5-9,14-15H,3-4,10-13H2,1-2H3,(H2,27,28,29,34). The first-order valence-electron chi connectivity index (χ1n) is 11.8. The van der Waals surface area contributed by atoms with Gasteiger partial charge in [-0.25, -0.2) is 28.9 Å². The Kier molecular flexibility index (Phi) is 8.41. The maximum atomic E-state index is 13.3. The lowest BCUT2D eigenvalue weighted by Crippen LogP contribution is -2.37. The molecule has 1 saturated heterocycles. The monoisotopic (exact) mass is 510 g/mol. The van der Waals surface area contributed by atoms with E-state index in [9.17, 15) is 14.0 Å². The summed E-state index contributed by atoms with van der Waals surface area (Å²) in [5.74, 6) is 0.138. The fourth-order valence-electron chi connectivity index (χ4n) is 3.62. The summed E-state index contributed by atoms with van der Waals surface area (Å²) in [4.78, 5) is 40.4. The summed E-state index contributed by atoms with van der Waals surface area (Å²) in [5, 5.41) is 5.12. The molecule has 11 nitrogen and oxygen atoms in total. The Labute approximate surface area is 213 Å². The number of aromatic nitrogens is 3. The van der Waals surface area contributed by atoms with Gasteiger partial charge in [-0.15, -0.1) is 0 Å². The molecule has 0 saturated carbocycles. The number of halogens is 1. The second-order valence-electron chi connectivity index (χ2n) is 7.82. The SMILES string of the molecule is CCOC(=O)c1nc(-c2ccc(NC(=O)Nc3cccc(F)c3)nc2)nc(N2CCOCC2)c1OCC. The molecule has 2 amide bonds. The fraction of sp³-hybridized carbons (Fsp3) is 0.320. The number of hydrogen-bond donors (Lipinski definition) is 2. The van der Waals surface area contributed by atoms with Gasteiger partial charge in [-0.2, -0.15) is 0 Å². The molecule has 0 radical (unpaired) electrons. The molecule has 3 aromatic rings. The molecule has 0 unspecified atom stereocenters. The predicted molar refractivity (Wildman–Crippen MR) is 134 cm³/mol. The number of nitrogens with zero attached hydrogens (tertiary/aromatic N) is 4. The van der Waals surface area contributed by atoms with Crippen LogP contribution in [0.1, 0.15) is 24.3 Å². The summed E-state index contributed by atoms with van der Waals surface area (Å²) in [6.45, 7) is 6.18. The zero-order valence-electron chi connectivity index (χ0n) is 20.5. The van der Waals surface area contributed by atoms with Crippen molar-refractivity contribution in [3.8, 4) is 17.1 Å². The van der Waals surface area contributed by atoms with Crippen LogP contribution in [0, 0.1) is 5.82 Å². The molecule has 0 bridgehead atoms. The van der Waals surface area contributed by atoms with E-state index in [0.29, 0.717) is 50.0 Å². The van der Waals surface area contributed by atoms with Crippen molar-refractivity contribution in [3.63, 3.8) is 0 Å². The molecule has 1 aromatic carbocycles. The number of rotatable bonds is 8. The molecule has 2 N–H and O–H groups in total. The Morgan fingerprint density at radius 2 is 1.89 bits per heavy atom. The maximum Gasteiger partial charge on any atom is 0.361 e. The fourth-order valence-corrected chi connectivity index (χ4v) is 3.62. The van der Waals surface area contributed by atoms with Crippen LogP contribution in [-0.2, 0) is 9.47 Å². The van der Waals surface area contributed by atoms with E-state index in [1.165, 1.54) is 24.4 Å². The molecule has 1 aliphatic heterocycles. The summed E-state index contributed by atoms with van der Waals surface area (Å²) >= 11 is 0. The number of esters is 1. The number of hydrogen-bond acceptors (Lipinski definition) is 9. The highest BCUT2D eigenvalue weighted by molar-refractivity contribution is 5.99. The van der Waals surface area contributed by atoms with Crippen molar-refractivity contribution in [2.45, 2.75) is 13.8 Å². The lowest BCUT2D eigenvalue weighted by molar-refractivity contribution is 0.0514. The summed E-state index contributed by atoms with van der Waals surface area (Å²) in [5.41, 5.74) is 0.838. The molecule has 0 spiro atoms. The number of nitrogens with one attached hydrogen (secondary N) is 2. The Balaban J connectivity index is 1.61. The van der Waals surface area contributed by atoms with Crippen LogP contribution in [-0.4, -0.2) is 66.5 Å². The molecule has 2 aromatic heterocycles. The second kappa shape index (κ2) is 12.1. The Hall–Kier alpha value is -4.32. The van der Waals surface area contributed by atoms with Crippen LogP contribution in [0.5, 0.6) is 5.75 Å². The van der Waals surface area contributed by atoms with Crippen molar-refractivity contribution in [2.24, 2.45) is 0 Å². The van der Waals surface area contributed by atoms with E-state index in [0.717, 1.165) is 0 Å². The molecular weight excluding hydrogens is 483 g/mol. The third-order valence-electron chi connectivity index (χ3n) is 5.26. The number of morpholine rings is 1. The average molecular weight is 511 g/mol. The smallest absolute Gasteiger partial charge is 0.361 e. The summed E-state index contributed by atoms with van der Waals surface area (Å²) in [6, 6.07) is 8.19. The molecule has 3 heterocycles. The third-order valence-corrected chi connectivity index (χ3v) is 5.26. The van der Waals surface area contributed by atoms with Crippen LogP contribution >= 0.6 is 0 Å². The predicted octanol–water partition coefficient (Wildman–Crippen LogP) is 3.73. The lowest BCUT2D eigenvalue weighted by atomic mass is 10.2. The third kappa shape index (κ3) is 6.47. The van der Waals surface area contributed by atoms with Gasteiger partial charge >= 0.3 is 12.0 Å². The first kappa shape index (κ1) is 25.8. The van der Waals surface area contributed by atoms with Gasteiger partial charge in [-0.1, -0.05) is 6.07 Å². The topological polar surface area (TPSA) is 128 Å². The van der Waals surface area contributed by atoms with E-state index in [-0.39, 0.29) is 29.7 Å². The minimum atomic E-state index is -0.621. The van der Waals surface area contributed by atoms with Gasteiger partial charge in [0.2, 0.25) is 0 Å². The molecule has 194 valence electrons. The molecule has 12 heteroatoms. The summed E-state index contributed by atoms with van der Waals surface area (Å²) in [7, 11) is 0. The molecule has 0 atom stereocenters. The highest BCUT2D eigenvalue weighted by Crippen LogP contribution is 2.33. The molecule has 1 fully saturated rings. The highest BCUT2D eigenvalue weighted by Gasteiger charge is 2.27. The summed E-state index contributed by atoms with van der Waals surface area (Å²) in [6.07, 6.45) is 1.48. The zero-order chi connectivity index (χ0) is 26.2. The number of carbonyl (C=O) groups is 2. The molecule has 37 heavy (non-hydrogen) atoms. The Bertz CT molecular complexity index is 1250. The van der Waals surface area contributed by atoms with Gasteiger partial charge in [0.05, 0.1) is 26.4 Å².